The highest BCUT2D eigenvalue weighted by Crippen LogP contribution is 2.23. The van der Waals surface area contributed by atoms with Crippen LogP contribution in [0.1, 0.15) is 87.0 Å². The van der Waals surface area contributed by atoms with Crippen LogP contribution in [0.4, 0.5) is 0 Å². The summed E-state index contributed by atoms with van der Waals surface area (Å²) < 4.78 is 11.5. The average Bonchev–Trinajstić information content (AvgIpc) is 3.23. The molecule has 10 heteroatoms. The quantitative estimate of drug-likeness (QED) is 0.174. The van der Waals surface area contributed by atoms with Gasteiger partial charge in [-0.25, -0.2) is 0 Å². The fourth-order valence-electron chi connectivity index (χ4n) is 4.57. The Balaban J connectivity index is 2.28. The van der Waals surface area contributed by atoms with Crippen LogP contribution in [0.2, 0.25) is 0 Å². The fraction of sp³-hybridized carbons (Fsp3) is 0.893. The average molecular weight is 542 g/mol. The van der Waals surface area contributed by atoms with Crippen molar-refractivity contribution in [3.05, 3.63) is 0 Å². The van der Waals surface area contributed by atoms with Crippen molar-refractivity contribution >= 4 is 17.7 Å². The second-order valence-electron chi connectivity index (χ2n) is 11.0. The van der Waals surface area contributed by atoms with E-state index < -0.39 is 0 Å². The van der Waals surface area contributed by atoms with Crippen LogP contribution in [0.5, 0.6) is 0 Å². The second-order valence-corrected chi connectivity index (χ2v) is 11.0. The molecule has 3 amide bonds. The summed E-state index contributed by atoms with van der Waals surface area (Å²) in [4.78, 5) is 39.5. The monoisotopic (exact) mass is 541 g/mol. The minimum absolute atomic E-state index is 0.0336. The predicted octanol–water partition coefficient (Wildman–Crippen LogP) is 1.96. The third kappa shape index (κ3) is 15.0. The molecule has 0 spiro atoms. The number of carbonyl (C=O) groups is 3. The molecule has 1 heterocycles. The van der Waals surface area contributed by atoms with Crippen molar-refractivity contribution in [2.45, 2.75) is 123 Å². The van der Waals surface area contributed by atoms with E-state index >= 15 is 0 Å². The Morgan fingerprint density at radius 1 is 0.921 bits per heavy atom. The van der Waals surface area contributed by atoms with Gasteiger partial charge in [-0.3, -0.25) is 14.4 Å². The van der Waals surface area contributed by atoms with Gasteiger partial charge in [0.1, 0.15) is 0 Å². The molecule has 1 saturated heterocycles. The van der Waals surface area contributed by atoms with Gasteiger partial charge in [-0.2, -0.15) is 0 Å². The summed E-state index contributed by atoms with van der Waals surface area (Å²) in [5, 5.41) is 12.5. The molecule has 4 N–H and O–H groups in total. The van der Waals surface area contributed by atoms with E-state index in [1.54, 1.807) is 0 Å². The number of amides is 3. The third-order valence-corrected chi connectivity index (χ3v) is 6.28. The number of carbonyl (C=O) groups excluding carboxylic acids is 3. The van der Waals surface area contributed by atoms with Gasteiger partial charge in [0.2, 0.25) is 17.7 Å². The van der Waals surface area contributed by atoms with Crippen LogP contribution < -0.4 is 21.3 Å². The molecule has 1 fully saturated rings. The van der Waals surface area contributed by atoms with Crippen molar-refractivity contribution in [3.63, 3.8) is 0 Å². The summed E-state index contributed by atoms with van der Waals surface area (Å²) in [6.07, 6.45) is 3.53. The maximum absolute atomic E-state index is 12.8. The largest absolute Gasteiger partial charge is 0.380 e. The minimum Gasteiger partial charge on any atom is -0.380 e. The zero-order valence-corrected chi connectivity index (χ0v) is 24.9. The topological polar surface area (TPSA) is 121 Å². The number of nitrogens with one attached hydrogen (secondary N) is 4. The molecule has 0 aromatic rings. The van der Waals surface area contributed by atoms with E-state index in [1.165, 1.54) is 0 Å². The Hall–Kier alpha value is -1.75. The Morgan fingerprint density at radius 3 is 2.24 bits per heavy atom. The van der Waals surface area contributed by atoms with E-state index in [0.29, 0.717) is 71.0 Å². The molecule has 38 heavy (non-hydrogen) atoms. The van der Waals surface area contributed by atoms with Crippen LogP contribution in [0.15, 0.2) is 0 Å². The summed E-state index contributed by atoms with van der Waals surface area (Å²) in [5.74, 6) is -0.0195. The molecule has 1 rings (SSSR count). The molecule has 0 radical (unpaired) electrons. The van der Waals surface area contributed by atoms with E-state index in [0.717, 1.165) is 13.0 Å². The molecule has 10 nitrogen and oxygen atoms in total. The zero-order chi connectivity index (χ0) is 28.5. The summed E-state index contributed by atoms with van der Waals surface area (Å²) in [7, 11) is 0. The third-order valence-electron chi connectivity index (χ3n) is 6.28. The van der Waals surface area contributed by atoms with Gasteiger partial charge in [-0.15, -0.1) is 0 Å². The molecule has 222 valence electrons. The van der Waals surface area contributed by atoms with Gasteiger partial charge in [0.25, 0.3) is 0 Å². The summed E-state index contributed by atoms with van der Waals surface area (Å²) in [5.41, 5.74) is 0. The fourth-order valence-corrected chi connectivity index (χ4v) is 4.57. The second kappa shape index (κ2) is 19.3. The highest BCUT2D eigenvalue weighted by Gasteiger charge is 2.35. The van der Waals surface area contributed by atoms with Crippen molar-refractivity contribution in [2.24, 2.45) is 0 Å². The molecule has 1 aliphatic rings. The van der Waals surface area contributed by atoms with Crippen molar-refractivity contribution in [1.29, 1.82) is 0 Å². The first-order valence-electron chi connectivity index (χ1n) is 14.6. The van der Waals surface area contributed by atoms with E-state index in [4.69, 9.17) is 9.47 Å². The molecule has 0 saturated carbocycles. The molecule has 0 unspecified atom stereocenters. The molecule has 1 aliphatic heterocycles. The summed E-state index contributed by atoms with van der Waals surface area (Å²) in [6.45, 7) is 17.6. The van der Waals surface area contributed by atoms with Crippen LogP contribution in [-0.4, -0.2) is 98.4 Å². The summed E-state index contributed by atoms with van der Waals surface area (Å²) in [6, 6.07) is 0.364. The lowest BCUT2D eigenvalue weighted by atomic mass is 10.1. The number of rotatable bonds is 20. The van der Waals surface area contributed by atoms with Crippen molar-refractivity contribution in [1.82, 2.24) is 26.2 Å². The van der Waals surface area contributed by atoms with Crippen LogP contribution >= 0.6 is 0 Å². The minimum atomic E-state index is -0.261. The molecule has 0 aromatic heterocycles. The van der Waals surface area contributed by atoms with Gasteiger partial charge in [0, 0.05) is 51.2 Å². The van der Waals surface area contributed by atoms with Gasteiger partial charge >= 0.3 is 0 Å². The molecule has 0 aliphatic carbocycles. The van der Waals surface area contributed by atoms with E-state index in [9.17, 15) is 14.4 Å². The molecular formula is C28H55N5O5. The van der Waals surface area contributed by atoms with Gasteiger partial charge in [-0.1, -0.05) is 27.7 Å². The normalized spacial score (nSPS) is 18.4. The Kier molecular flexibility index (Phi) is 17.4. The highest BCUT2D eigenvalue weighted by molar-refractivity contribution is 5.82. The lowest BCUT2D eigenvalue weighted by Gasteiger charge is -2.24. The highest BCUT2D eigenvalue weighted by atomic mass is 16.5. The maximum atomic E-state index is 12.8. The van der Waals surface area contributed by atoms with Crippen molar-refractivity contribution in [3.8, 4) is 0 Å². The number of ether oxygens (including phenoxy) is 2. The first-order valence-corrected chi connectivity index (χ1v) is 14.6. The maximum Gasteiger partial charge on any atom is 0.237 e. The SMILES string of the molecule is CCOC[C@@H]1C[C@@H](OC(C)C)CN1C(=O)CCCNC(=O)CCCNC(=O)[C@@H](CCNC(C)C)NC(C)C. The smallest absolute Gasteiger partial charge is 0.237 e. The number of hydrogen-bond acceptors (Lipinski definition) is 7. The number of nitrogens with zero attached hydrogens (tertiary/aromatic N) is 1. The van der Waals surface area contributed by atoms with E-state index in [2.05, 4.69) is 35.1 Å². The van der Waals surface area contributed by atoms with Crippen molar-refractivity contribution in [2.75, 3.05) is 39.4 Å². The number of likely N-dealkylation sites (tertiary alicyclic amines) is 1. The van der Waals surface area contributed by atoms with Crippen LogP contribution in [0.25, 0.3) is 0 Å². The van der Waals surface area contributed by atoms with E-state index in [1.807, 2.05) is 39.5 Å². The van der Waals surface area contributed by atoms with Crippen LogP contribution in [-0.2, 0) is 23.9 Å². The van der Waals surface area contributed by atoms with Gasteiger partial charge < -0.3 is 35.6 Å². The van der Waals surface area contributed by atoms with Crippen molar-refractivity contribution < 1.29 is 23.9 Å². The van der Waals surface area contributed by atoms with Gasteiger partial charge in [0.15, 0.2) is 0 Å². The Bertz CT molecular complexity index is 689. The molecule has 3 atom stereocenters. The zero-order valence-electron chi connectivity index (χ0n) is 24.9. The Labute approximate surface area is 230 Å². The van der Waals surface area contributed by atoms with Crippen LogP contribution in [0.3, 0.4) is 0 Å². The summed E-state index contributed by atoms with van der Waals surface area (Å²) >= 11 is 0. The van der Waals surface area contributed by atoms with Gasteiger partial charge in [-0.05, 0) is 53.0 Å². The molecule has 0 bridgehead atoms. The molecular weight excluding hydrogens is 486 g/mol. The lowest BCUT2D eigenvalue weighted by Crippen LogP contribution is -2.48. The number of hydrogen-bond donors (Lipinski definition) is 4. The first kappa shape index (κ1) is 34.3. The van der Waals surface area contributed by atoms with Gasteiger partial charge in [0.05, 0.1) is 30.9 Å². The van der Waals surface area contributed by atoms with E-state index in [-0.39, 0.29) is 48.1 Å². The molecule has 0 aromatic carbocycles. The standard InChI is InChI=1S/C28H55N5O5/c1-8-37-19-23-17-24(38-22(6)7)18-33(23)27(35)12-10-14-30-26(34)11-9-15-31-28(36)25(32-21(4)5)13-16-29-20(2)3/h20-25,29,32H,8-19H2,1-7H3,(H,30,34)(H,31,36)/t23-,24+,25+/m0/s1. The lowest BCUT2D eigenvalue weighted by molar-refractivity contribution is -0.134. The first-order chi connectivity index (χ1) is 18.0. The Morgan fingerprint density at radius 2 is 1.61 bits per heavy atom. The predicted molar refractivity (Wildman–Crippen MR) is 151 cm³/mol. The van der Waals surface area contributed by atoms with Crippen LogP contribution in [0, 0.1) is 0 Å².